The molecule has 0 bridgehead atoms. The smallest absolute Gasteiger partial charge is 0.0194 e. The van der Waals surface area contributed by atoms with Crippen LogP contribution < -0.4 is 0 Å². The third-order valence-corrected chi connectivity index (χ3v) is 1.73. The van der Waals surface area contributed by atoms with Crippen LogP contribution in [0, 0.1) is 0 Å². The number of rotatable bonds is 0. The second-order valence-corrected chi connectivity index (χ2v) is 2.26. The Hall–Kier alpha value is -0.780. The lowest BCUT2D eigenvalue weighted by Gasteiger charge is -1.86. The highest BCUT2D eigenvalue weighted by atomic mass is 14.1. The molecule has 62 valence electrons. The van der Waals surface area contributed by atoms with E-state index in [1.807, 2.05) is 13.8 Å². The highest BCUT2D eigenvalue weighted by Gasteiger charge is 2.08. The molecule has 0 atom stereocenters. The maximum absolute atomic E-state index is 5.75. The van der Waals surface area contributed by atoms with E-state index in [1.165, 1.54) is 31.4 Å². The van der Waals surface area contributed by atoms with Crippen molar-refractivity contribution in [1.29, 1.82) is 0 Å². The summed E-state index contributed by atoms with van der Waals surface area (Å²) in [6.45, 7) is 4.00. The van der Waals surface area contributed by atoms with Crippen molar-refractivity contribution in [2.24, 2.45) is 0 Å². The molecule has 0 nitrogen and oxygen atoms in total. The van der Waals surface area contributed by atoms with Crippen LogP contribution in [0.2, 0.25) is 0 Å². The van der Waals surface area contributed by atoms with E-state index in [0.717, 1.165) is 0 Å². The molecular weight excluding hydrogens is 132 g/mol. The van der Waals surface area contributed by atoms with Crippen LogP contribution in [0.15, 0.2) is 35.5 Å². The molecule has 0 aromatic rings. The summed E-state index contributed by atoms with van der Waals surface area (Å²) in [7, 11) is 1.25. The third kappa shape index (κ3) is 2.07. The van der Waals surface area contributed by atoms with Crippen molar-refractivity contribution in [3.05, 3.63) is 35.5 Å². The highest BCUT2D eigenvalue weighted by Crippen LogP contribution is 2.27. The summed E-state index contributed by atoms with van der Waals surface area (Å²) in [6, 6.07) is 0. The lowest BCUT2D eigenvalue weighted by atomic mass is 10.2. The van der Waals surface area contributed by atoms with Crippen LogP contribution >= 0.6 is 0 Å². The fourth-order valence-electron chi connectivity index (χ4n) is 1.27. The average molecular weight is 151 g/mol. The molecule has 0 aliphatic heterocycles. The van der Waals surface area contributed by atoms with Crippen molar-refractivity contribution >= 4 is 0 Å². The molecule has 0 spiro atoms. The fraction of sp³-hybridized carbons (Fsp3) is 0.455. The first-order valence-corrected chi connectivity index (χ1v) is 4.02. The van der Waals surface area contributed by atoms with Gasteiger partial charge in [0.2, 0.25) is 0 Å². The molecule has 2 aliphatic carbocycles. The van der Waals surface area contributed by atoms with E-state index in [4.69, 9.17) is 1.37 Å². The summed E-state index contributed by atoms with van der Waals surface area (Å²) in [6.07, 6.45) is 11.3. The maximum atomic E-state index is 5.75. The Bertz CT molecular complexity index is 175. The van der Waals surface area contributed by atoms with Crippen LogP contribution in [0.4, 0.5) is 0 Å². The zero-order chi connectivity index (χ0) is 9.40. The zero-order valence-electron chi connectivity index (χ0n) is 8.72. The molecule has 2 aliphatic rings. The Kier molecular flexibility index (Phi) is 3.74. The van der Waals surface area contributed by atoms with Crippen LogP contribution in [0.25, 0.3) is 0 Å². The molecule has 0 N–H and O–H groups in total. The van der Waals surface area contributed by atoms with Gasteiger partial charge in [-0.2, -0.15) is 0 Å². The Labute approximate surface area is 71.7 Å². The van der Waals surface area contributed by atoms with Crippen LogP contribution in [-0.2, 0) is 0 Å². The molecule has 0 unspecified atom stereocenters. The van der Waals surface area contributed by atoms with Gasteiger partial charge in [0.05, 0.1) is 0 Å². The van der Waals surface area contributed by atoms with E-state index in [1.54, 1.807) is 0 Å². The molecule has 0 heterocycles. The molecule has 0 fully saturated rings. The Balaban J connectivity index is 0.000000269. The molecule has 11 heavy (non-hydrogen) atoms. The standard InChI is InChI=1S/C8H8.C2H6.CH4/c1-3-7-5-2-6-8(7)4-1;1-2;/h1-3,6H,4-5H2;1-2H3;1H4/i;;1D. The molecule has 0 heteroatoms. The second-order valence-electron chi connectivity index (χ2n) is 2.26. The lowest BCUT2D eigenvalue weighted by molar-refractivity contribution is 1.30. The van der Waals surface area contributed by atoms with Gasteiger partial charge in [-0.1, -0.05) is 45.6 Å². The first kappa shape index (κ1) is 8.32. The van der Waals surface area contributed by atoms with Gasteiger partial charge in [-0.15, -0.1) is 0 Å². The van der Waals surface area contributed by atoms with E-state index in [0.29, 0.717) is 0 Å². The van der Waals surface area contributed by atoms with E-state index >= 15 is 0 Å². The van der Waals surface area contributed by atoms with Gasteiger partial charge in [0.15, 0.2) is 0 Å². The lowest BCUT2D eigenvalue weighted by Crippen LogP contribution is -1.67. The summed E-state index contributed by atoms with van der Waals surface area (Å²) in [5, 5.41) is 0. The molecule has 0 saturated heterocycles. The van der Waals surface area contributed by atoms with E-state index in [-0.39, 0.29) is 0 Å². The molecule has 0 radical (unpaired) electrons. The number of allylic oxidation sites excluding steroid dienone is 6. The van der Waals surface area contributed by atoms with Crippen molar-refractivity contribution in [2.75, 3.05) is 0 Å². The van der Waals surface area contributed by atoms with Gasteiger partial charge in [-0.3, -0.25) is 0 Å². The number of hydrogen-bond donors (Lipinski definition) is 0. The minimum Gasteiger partial charge on any atom is -0.0798 e. The average Bonchev–Trinajstić information content (AvgIpc) is 2.72. The minimum atomic E-state index is 1.17. The molecule has 0 amide bonds. The molecule has 0 saturated carbocycles. The quantitative estimate of drug-likeness (QED) is 0.493. The minimum absolute atomic E-state index is 1.17. The molecule has 0 aromatic carbocycles. The fourth-order valence-corrected chi connectivity index (χ4v) is 1.27. The summed E-state index contributed by atoms with van der Waals surface area (Å²) in [4.78, 5) is 0. The molecular formula is C11H18. The van der Waals surface area contributed by atoms with Gasteiger partial charge in [-0.25, -0.2) is 0 Å². The summed E-state index contributed by atoms with van der Waals surface area (Å²) >= 11 is 0. The molecule has 2 rings (SSSR count). The second kappa shape index (κ2) is 4.95. The van der Waals surface area contributed by atoms with Gasteiger partial charge >= 0.3 is 0 Å². The van der Waals surface area contributed by atoms with Crippen molar-refractivity contribution in [3.8, 4) is 0 Å². The van der Waals surface area contributed by atoms with E-state index < -0.39 is 0 Å². The summed E-state index contributed by atoms with van der Waals surface area (Å²) in [5.41, 5.74) is 3.06. The third-order valence-electron chi connectivity index (χ3n) is 1.73. The Morgan fingerprint density at radius 3 is 1.82 bits per heavy atom. The van der Waals surface area contributed by atoms with Gasteiger partial charge in [0.25, 0.3) is 0 Å². The first-order valence-electron chi connectivity index (χ1n) is 5.02. The topological polar surface area (TPSA) is 0 Å². The molecule has 0 aromatic heterocycles. The van der Waals surface area contributed by atoms with Crippen LogP contribution in [0.3, 0.4) is 0 Å². The van der Waals surface area contributed by atoms with Gasteiger partial charge in [0.1, 0.15) is 0 Å². The van der Waals surface area contributed by atoms with Gasteiger partial charge < -0.3 is 0 Å². The Morgan fingerprint density at radius 1 is 1.09 bits per heavy atom. The van der Waals surface area contributed by atoms with E-state index in [2.05, 4.69) is 24.3 Å². The maximum Gasteiger partial charge on any atom is 0.0194 e. The largest absolute Gasteiger partial charge is 0.0798 e. The van der Waals surface area contributed by atoms with Crippen LogP contribution in [-0.4, -0.2) is 0 Å². The normalized spacial score (nSPS) is 17.9. The SMILES string of the molecule is C1=CC2=C(C=CC2)C1.CC.[2H]C. The van der Waals surface area contributed by atoms with Crippen LogP contribution in [0.1, 0.15) is 35.5 Å². The Morgan fingerprint density at radius 2 is 1.45 bits per heavy atom. The van der Waals surface area contributed by atoms with Crippen molar-refractivity contribution in [1.82, 2.24) is 0 Å². The van der Waals surface area contributed by atoms with Crippen molar-refractivity contribution in [2.45, 2.75) is 34.1 Å². The first-order chi connectivity index (χ1) is 5.97. The highest BCUT2D eigenvalue weighted by molar-refractivity contribution is 5.45. The predicted octanol–water partition coefficient (Wildman–Crippen LogP) is 3.87. The number of hydrogen-bond acceptors (Lipinski definition) is 0. The van der Waals surface area contributed by atoms with Gasteiger partial charge in [0, 0.05) is 1.37 Å². The van der Waals surface area contributed by atoms with Crippen molar-refractivity contribution in [3.63, 3.8) is 0 Å². The van der Waals surface area contributed by atoms with Gasteiger partial charge in [-0.05, 0) is 24.0 Å². The van der Waals surface area contributed by atoms with Crippen LogP contribution in [0.5, 0.6) is 0 Å². The summed E-state index contributed by atoms with van der Waals surface area (Å²) < 4.78 is 5.75. The summed E-state index contributed by atoms with van der Waals surface area (Å²) in [5.74, 6) is 0. The zero-order valence-corrected chi connectivity index (χ0v) is 7.72. The van der Waals surface area contributed by atoms with Crippen molar-refractivity contribution < 1.29 is 1.37 Å². The van der Waals surface area contributed by atoms with E-state index in [9.17, 15) is 0 Å². The predicted molar refractivity (Wildman–Crippen MR) is 52.6 cm³/mol. The monoisotopic (exact) mass is 151 g/mol.